The number of hydrogen-bond donors (Lipinski definition) is 1. The van der Waals surface area contributed by atoms with Gasteiger partial charge >= 0.3 is 0 Å². The summed E-state index contributed by atoms with van der Waals surface area (Å²) in [7, 11) is 0. The van der Waals surface area contributed by atoms with Gasteiger partial charge in [0.25, 0.3) is 0 Å². The zero-order valence-corrected chi connectivity index (χ0v) is 7.20. The SMILES string of the molecule is CC(N)Cc1csc(CF)n1. The maximum atomic E-state index is 12.0. The molecule has 0 radical (unpaired) electrons. The second kappa shape index (κ2) is 3.78. The number of nitrogens with two attached hydrogens (primary N) is 1. The third-order valence-electron chi connectivity index (χ3n) is 1.24. The van der Waals surface area contributed by atoms with Gasteiger partial charge in [-0.2, -0.15) is 0 Å². The van der Waals surface area contributed by atoms with Crippen molar-refractivity contribution in [1.29, 1.82) is 0 Å². The molecule has 0 aliphatic carbocycles. The van der Waals surface area contributed by atoms with E-state index in [4.69, 9.17) is 5.73 Å². The van der Waals surface area contributed by atoms with Gasteiger partial charge in [0, 0.05) is 17.8 Å². The second-order valence-corrected chi connectivity index (χ2v) is 3.49. The van der Waals surface area contributed by atoms with Gasteiger partial charge < -0.3 is 5.73 Å². The lowest BCUT2D eigenvalue weighted by Gasteiger charge is -1.98. The zero-order chi connectivity index (χ0) is 8.27. The van der Waals surface area contributed by atoms with E-state index in [1.54, 1.807) is 0 Å². The fourth-order valence-corrected chi connectivity index (χ4v) is 1.49. The summed E-state index contributed by atoms with van der Waals surface area (Å²) in [5.41, 5.74) is 6.45. The molecule has 2 nitrogen and oxygen atoms in total. The number of aromatic nitrogens is 1. The maximum absolute atomic E-state index is 12.0. The molecule has 0 bridgehead atoms. The topological polar surface area (TPSA) is 38.9 Å². The Bertz CT molecular complexity index is 222. The third kappa shape index (κ3) is 2.55. The van der Waals surface area contributed by atoms with Crippen molar-refractivity contribution in [3.63, 3.8) is 0 Å². The van der Waals surface area contributed by atoms with Crippen molar-refractivity contribution >= 4 is 11.3 Å². The Kier molecular flexibility index (Phi) is 2.96. The number of halogens is 1. The Hall–Kier alpha value is -0.480. The van der Waals surface area contributed by atoms with E-state index >= 15 is 0 Å². The van der Waals surface area contributed by atoms with E-state index < -0.39 is 6.67 Å². The summed E-state index contributed by atoms with van der Waals surface area (Å²) >= 11 is 1.35. The van der Waals surface area contributed by atoms with Crippen LogP contribution < -0.4 is 5.73 Å². The van der Waals surface area contributed by atoms with Crippen LogP contribution in [0.4, 0.5) is 4.39 Å². The van der Waals surface area contributed by atoms with Gasteiger partial charge in [-0.3, -0.25) is 0 Å². The van der Waals surface area contributed by atoms with E-state index in [2.05, 4.69) is 4.98 Å². The fourth-order valence-electron chi connectivity index (χ4n) is 0.834. The molecule has 1 unspecified atom stereocenters. The van der Waals surface area contributed by atoms with Gasteiger partial charge in [0.2, 0.25) is 0 Å². The van der Waals surface area contributed by atoms with Crippen molar-refractivity contribution in [3.8, 4) is 0 Å². The summed E-state index contributed by atoms with van der Waals surface area (Å²) in [6.07, 6.45) is 0.733. The van der Waals surface area contributed by atoms with E-state index in [0.29, 0.717) is 5.01 Å². The first kappa shape index (κ1) is 8.62. The first-order valence-electron chi connectivity index (χ1n) is 3.47. The fraction of sp³-hybridized carbons (Fsp3) is 0.571. The Balaban J connectivity index is 2.58. The molecule has 1 heterocycles. The summed E-state index contributed by atoms with van der Waals surface area (Å²) in [6, 6.07) is 0.101. The molecule has 1 rings (SSSR count). The van der Waals surface area contributed by atoms with E-state index in [-0.39, 0.29) is 6.04 Å². The van der Waals surface area contributed by atoms with Gasteiger partial charge in [0.1, 0.15) is 11.7 Å². The molecule has 0 spiro atoms. The van der Waals surface area contributed by atoms with Gasteiger partial charge in [-0.15, -0.1) is 11.3 Å². The van der Waals surface area contributed by atoms with Gasteiger partial charge in [-0.1, -0.05) is 0 Å². The predicted molar refractivity (Wildman–Crippen MR) is 44.3 cm³/mol. The number of rotatable bonds is 3. The van der Waals surface area contributed by atoms with Crippen LogP contribution in [0.25, 0.3) is 0 Å². The molecule has 0 saturated carbocycles. The lowest BCUT2D eigenvalue weighted by atomic mass is 10.2. The normalized spacial score (nSPS) is 13.4. The van der Waals surface area contributed by atoms with Crippen molar-refractivity contribution in [1.82, 2.24) is 4.98 Å². The summed E-state index contributed by atoms with van der Waals surface area (Å²) in [5, 5.41) is 2.40. The average Bonchev–Trinajstić information content (AvgIpc) is 2.34. The molecule has 2 N–H and O–H groups in total. The van der Waals surface area contributed by atoms with E-state index in [1.165, 1.54) is 11.3 Å². The molecular weight excluding hydrogens is 163 g/mol. The van der Waals surface area contributed by atoms with Gasteiger partial charge in [-0.25, -0.2) is 9.37 Å². The lowest BCUT2D eigenvalue weighted by molar-refractivity contribution is 0.482. The number of alkyl halides is 1. The minimum atomic E-state index is -0.469. The van der Waals surface area contributed by atoms with Gasteiger partial charge in [-0.05, 0) is 6.92 Å². The van der Waals surface area contributed by atoms with Gasteiger partial charge in [0.05, 0.1) is 5.69 Å². The maximum Gasteiger partial charge on any atom is 0.141 e. The van der Waals surface area contributed by atoms with Gasteiger partial charge in [0.15, 0.2) is 0 Å². The summed E-state index contributed by atoms with van der Waals surface area (Å²) in [5.74, 6) is 0. The van der Waals surface area contributed by atoms with Crippen molar-refractivity contribution in [2.45, 2.75) is 26.1 Å². The molecule has 1 atom stereocenters. The molecular formula is C7H11FN2S. The van der Waals surface area contributed by atoms with Crippen molar-refractivity contribution in [3.05, 3.63) is 16.1 Å². The minimum absolute atomic E-state index is 0.101. The first-order chi connectivity index (χ1) is 5.22. The van der Waals surface area contributed by atoms with Crippen LogP contribution in [0.2, 0.25) is 0 Å². The Morgan fingerprint density at radius 3 is 3.00 bits per heavy atom. The van der Waals surface area contributed by atoms with Crippen LogP contribution in [0.3, 0.4) is 0 Å². The van der Waals surface area contributed by atoms with E-state index in [9.17, 15) is 4.39 Å². The molecule has 4 heteroatoms. The first-order valence-corrected chi connectivity index (χ1v) is 4.35. The van der Waals surface area contributed by atoms with Crippen LogP contribution >= 0.6 is 11.3 Å². The Morgan fingerprint density at radius 1 is 1.82 bits per heavy atom. The molecule has 0 amide bonds. The highest BCUT2D eigenvalue weighted by atomic mass is 32.1. The molecule has 0 aliphatic heterocycles. The molecule has 62 valence electrons. The molecule has 0 aliphatic rings. The Labute approximate surface area is 69.3 Å². The number of hydrogen-bond acceptors (Lipinski definition) is 3. The van der Waals surface area contributed by atoms with E-state index in [1.807, 2.05) is 12.3 Å². The van der Waals surface area contributed by atoms with Crippen LogP contribution in [0, 0.1) is 0 Å². The van der Waals surface area contributed by atoms with E-state index in [0.717, 1.165) is 12.1 Å². The average molecular weight is 174 g/mol. The molecule has 1 aromatic heterocycles. The molecule has 11 heavy (non-hydrogen) atoms. The van der Waals surface area contributed by atoms with Crippen LogP contribution in [-0.2, 0) is 13.1 Å². The predicted octanol–water partition coefficient (Wildman–Crippen LogP) is 1.50. The third-order valence-corrected chi connectivity index (χ3v) is 2.11. The van der Waals surface area contributed by atoms with Crippen molar-refractivity contribution in [2.24, 2.45) is 5.73 Å². The largest absolute Gasteiger partial charge is 0.328 e. The molecule has 0 aromatic carbocycles. The second-order valence-electron chi connectivity index (χ2n) is 2.55. The summed E-state index contributed by atoms with van der Waals surface area (Å²) in [4.78, 5) is 4.03. The molecule has 0 fully saturated rings. The Morgan fingerprint density at radius 2 is 2.55 bits per heavy atom. The van der Waals surface area contributed by atoms with Crippen LogP contribution in [0.1, 0.15) is 17.6 Å². The highest BCUT2D eigenvalue weighted by molar-refractivity contribution is 7.09. The quantitative estimate of drug-likeness (QED) is 0.754. The van der Waals surface area contributed by atoms with Crippen molar-refractivity contribution < 1.29 is 4.39 Å². The highest BCUT2D eigenvalue weighted by Crippen LogP contribution is 2.11. The summed E-state index contributed by atoms with van der Waals surface area (Å²) < 4.78 is 12.0. The van der Waals surface area contributed by atoms with Crippen LogP contribution in [0.5, 0.6) is 0 Å². The zero-order valence-electron chi connectivity index (χ0n) is 6.38. The standard InChI is InChI=1S/C7H11FN2S/c1-5(9)2-6-4-11-7(3-8)10-6/h4-5H,2-3,9H2,1H3. The smallest absolute Gasteiger partial charge is 0.141 e. The monoisotopic (exact) mass is 174 g/mol. The molecule has 1 aromatic rings. The van der Waals surface area contributed by atoms with Crippen LogP contribution in [0.15, 0.2) is 5.38 Å². The lowest BCUT2D eigenvalue weighted by Crippen LogP contribution is -2.17. The summed E-state index contributed by atoms with van der Waals surface area (Å²) in [6.45, 7) is 1.44. The van der Waals surface area contributed by atoms with Crippen molar-refractivity contribution in [2.75, 3.05) is 0 Å². The number of nitrogens with zero attached hydrogens (tertiary/aromatic N) is 1. The number of thiazole rings is 1. The van der Waals surface area contributed by atoms with Crippen LogP contribution in [-0.4, -0.2) is 11.0 Å². The minimum Gasteiger partial charge on any atom is -0.328 e. The molecule has 0 saturated heterocycles. The highest BCUT2D eigenvalue weighted by Gasteiger charge is 2.02.